The fraction of sp³-hybridized carbons (Fsp3) is 0.0727. The summed E-state index contributed by atoms with van der Waals surface area (Å²) in [7, 11) is 0. The number of carbonyl (C=O) groups is 1. The van der Waals surface area contributed by atoms with Crippen LogP contribution in [0.5, 0.6) is 0 Å². The van der Waals surface area contributed by atoms with Gasteiger partial charge in [0.2, 0.25) is 0 Å². The highest BCUT2D eigenvalue weighted by molar-refractivity contribution is 9.10. The summed E-state index contributed by atoms with van der Waals surface area (Å²) >= 11 is 3.36. The molecule has 0 saturated carbocycles. The van der Waals surface area contributed by atoms with Crippen molar-refractivity contribution >= 4 is 55.3 Å². The van der Waals surface area contributed by atoms with E-state index >= 15 is 0 Å². The summed E-state index contributed by atoms with van der Waals surface area (Å²) in [5, 5.41) is 23.4. The molecule has 0 unspecified atom stereocenters. The summed E-state index contributed by atoms with van der Waals surface area (Å²) in [6.45, 7) is 3.76. The van der Waals surface area contributed by atoms with Crippen LogP contribution < -0.4 is 22.5 Å². The van der Waals surface area contributed by atoms with Gasteiger partial charge < -0.3 is 22.5 Å². The Balaban J connectivity index is 0.000000167. The van der Waals surface area contributed by atoms with E-state index in [9.17, 15) is 15.3 Å². The number of aromatic nitrogens is 8. The van der Waals surface area contributed by atoms with E-state index in [1.54, 1.807) is 55.1 Å². The van der Waals surface area contributed by atoms with Crippen LogP contribution in [-0.2, 0) is 0 Å². The molecule has 16 heteroatoms. The van der Waals surface area contributed by atoms with Gasteiger partial charge in [-0.25, -0.2) is 19.9 Å². The second kappa shape index (κ2) is 22.2. The van der Waals surface area contributed by atoms with Gasteiger partial charge in [-0.1, -0.05) is 60.7 Å². The van der Waals surface area contributed by atoms with Crippen molar-refractivity contribution in [2.24, 2.45) is 5.73 Å². The Morgan fingerprint density at radius 3 is 1.51 bits per heavy atom. The lowest BCUT2D eigenvalue weighted by atomic mass is 10.0. The highest BCUT2D eigenvalue weighted by atomic mass is 79.9. The van der Waals surface area contributed by atoms with E-state index in [-0.39, 0.29) is 23.6 Å². The molecule has 0 aliphatic heterocycles. The first-order valence-electron chi connectivity index (χ1n) is 22.1. The molecule has 10 rings (SSSR count). The van der Waals surface area contributed by atoms with Gasteiger partial charge >= 0.3 is 0 Å². The second-order valence-corrected chi connectivity index (χ2v) is 16.7. The van der Waals surface area contributed by atoms with Crippen molar-refractivity contribution in [3.8, 4) is 57.2 Å². The van der Waals surface area contributed by atoms with Gasteiger partial charge in [-0.05, 0) is 115 Å². The van der Waals surface area contributed by atoms with Crippen molar-refractivity contribution in [3.05, 3.63) is 203 Å². The fourth-order valence-corrected chi connectivity index (χ4v) is 7.65. The molecule has 0 saturated heterocycles. The Kier molecular flexibility index (Phi) is 15.0. The molecule has 0 spiro atoms. The summed E-state index contributed by atoms with van der Waals surface area (Å²) in [4.78, 5) is 48.7. The highest BCUT2D eigenvalue weighted by Crippen LogP contribution is 2.35. The molecule has 6 heterocycles. The summed E-state index contributed by atoms with van der Waals surface area (Å²) < 4.78 is 0.485. The fourth-order valence-electron chi connectivity index (χ4n) is 7.38. The van der Waals surface area contributed by atoms with E-state index in [1.807, 2.05) is 129 Å². The van der Waals surface area contributed by atoms with Crippen molar-refractivity contribution < 1.29 is 4.79 Å². The normalized spacial score (nSPS) is 11.4. The maximum Gasteiger partial charge on any atom is 0.274 e. The maximum atomic E-state index is 13.2. The van der Waals surface area contributed by atoms with Gasteiger partial charge in [-0.2, -0.15) is 10.5 Å². The number of amides is 1. The number of hydrogen-bond acceptors (Lipinski definition) is 14. The van der Waals surface area contributed by atoms with Gasteiger partial charge in [0.25, 0.3) is 5.91 Å². The first-order valence-corrected chi connectivity index (χ1v) is 22.9. The van der Waals surface area contributed by atoms with Crippen molar-refractivity contribution in [2.75, 3.05) is 11.5 Å². The number of nitrogens with zero attached hydrogens (tertiary/aromatic N) is 10. The molecule has 10 aromatic rings. The quantitative estimate of drug-likeness (QED) is 0.110. The monoisotopic (exact) mass is 994 g/mol. The summed E-state index contributed by atoms with van der Waals surface area (Å²) in [5.41, 5.74) is 27.6. The van der Waals surface area contributed by atoms with Crippen LogP contribution in [0.4, 0.5) is 11.6 Å². The number of pyridine rings is 4. The smallest absolute Gasteiger partial charge is 0.274 e. The lowest BCUT2D eigenvalue weighted by molar-refractivity contribution is 0.0935. The van der Waals surface area contributed by atoms with Crippen LogP contribution in [0.2, 0.25) is 0 Å². The van der Waals surface area contributed by atoms with Crippen LogP contribution in [0.3, 0.4) is 0 Å². The van der Waals surface area contributed by atoms with Gasteiger partial charge in [0.15, 0.2) is 17.3 Å². The van der Waals surface area contributed by atoms with Gasteiger partial charge in [0, 0.05) is 63.9 Å². The zero-order valence-corrected chi connectivity index (χ0v) is 39.9. The Hall–Kier alpha value is -9.35. The van der Waals surface area contributed by atoms with Crippen LogP contribution in [0.1, 0.15) is 58.9 Å². The third-order valence-electron chi connectivity index (χ3n) is 10.9. The number of nitrogens with one attached hydrogen (secondary N) is 1. The topological polar surface area (TPSA) is 258 Å². The minimum absolute atomic E-state index is 0.00992. The molecule has 0 fully saturated rings. The molecule has 15 nitrogen and oxygen atoms in total. The number of carbonyl (C=O) groups excluding carboxylic acids is 1. The lowest BCUT2D eigenvalue weighted by Gasteiger charge is -2.16. The third-order valence-corrected chi connectivity index (χ3v) is 11.5. The molecule has 6 aromatic heterocycles. The van der Waals surface area contributed by atoms with Gasteiger partial charge in [0.1, 0.15) is 4.60 Å². The van der Waals surface area contributed by atoms with Gasteiger partial charge in [-0.3, -0.25) is 24.7 Å². The van der Waals surface area contributed by atoms with Crippen LogP contribution in [0, 0.1) is 22.7 Å². The van der Waals surface area contributed by atoms with Crippen LogP contribution in [0.15, 0.2) is 175 Å². The standard InChI is InChI=1S/C28H21N7O.C20H12BrN5.C7H10N2/c1-17(22-9-2-3-12-31-22)33-28(36)26-27(30)35-25(20-7-4-6-18(14-20)16-29)24(34-26)21-10-11-23-19(15-21)8-5-13-32-23;21-19-20(23)26-18(14-4-1-3-12(9-14)11-22)17(25-19)15-6-7-16-13(10-15)5-2-8-24-16;1-6(8)7-4-2-3-5-9-7/h2-15,17H,1H3,(H2,30,35)(H,33,36);1-10H,(H2,23,26);2-6H,8H2,1H3/t17-;;6-/m1.1/s1. The summed E-state index contributed by atoms with van der Waals surface area (Å²) in [6.07, 6.45) is 6.91. The van der Waals surface area contributed by atoms with Crippen molar-refractivity contribution in [1.29, 1.82) is 10.5 Å². The molecule has 0 aliphatic carbocycles. The number of anilines is 2. The molecule has 7 N–H and O–H groups in total. The molecule has 0 aliphatic rings. The largest absolute Gasteiger partial charge is 0.382 e. The number of rotatable bonds is 8. The molecule has 346 valence electrons. The number of fused-ring (bicyclic) bond motifs is 2. The zero-order chi connectivity index (χ0) is 49.9. The SMILES string of the molecule is C[C@@H](N)c1ccccn1.C[C@@H](NC(=O)c1nc(-c2ccc3ncccc3c2)c(-c2cccc(C#N)c2)nc1N)c1ccccn1.N#Cc1cccc(-c2nc(N)c(Br)nc2-c2ccc3ncccc3c2)c1. The van der Waals surface area contributed by atoms with Crippen molar-refractivity contribution in [2.45, 2.75) is 25.9 Å². The van der Waals surface area contributed by atoms with Crippen molar-refractivity contribution in [1.82, 2.24) is 45.2 Å². The van der Waals surface area contributed by atoms with Gasteiger partial charge in [0.05, 0.1) is 74.5 Å². The average Bonchev–Trinajstić information content (AvgIpc) is 3.42. The lowest BCUT2D eigenvalue weighted by Crippen LogP contribution is -2.29. The third kappa shape index (κ3) is 11.5. The second-order valence-electron chi connectivity index (χ2n) is 16.0. The minimum atomic E-state index is -0.459. The van der Waals surface area contributed by atoms with E-state index in [4.69, 9.17) is 22.2 Å². The number of benzene rings is 4. The molecular formula is C55H43BrN14O. The number of nitrogens with two attached hydrogens (primary N) is 3. The first kappa shape index (κ1) is 48.1. The first-order chi connectivity index (χ1) is 34.5. The highest BCUT2D eigenvalue weighted by Gasteiger charge is 2.23. The summed E-state index contributed by atoms with van der Waals surface area (Å²) in [5.74, 6) is -0.169. The Bertz CT molecular complexity index is 3620. The maximum absolute atomic E-state index is 13.2. The minimum Gasteiger partial charge on any atom is -0.382 e. The predicted octanol–water partition coefficient (Wildman–Crippen LogP) is 10.4. The Morgan fingerprint density at radius 1 is 0.535 bits per heavy atom. The number of nitrogen functional groups attached to an aromatic ring is 2. The van der Waals surface area contributed by atoms with E-state index in [0.29, 0.717) is 55.6 Å². The van der Waals surface area contributed by atoms with E-state index in [1.165, 1.54) is 0 Å². The van der Waals surface area contributed by atoms with Crippen LogP contribution in [-0.4, -0.2) is 45.8 Å². The average molecular weight is 996 g/mol. The Morgan fingerprint density at radius 2 is 1.01 bits per heavy atom. The molecule has 0 radical (unpaired) electrons. The number of halogens is 1. The molecule has 2 atom stereocenters. The molecule has 1 amide bonds. The molecule has 71 heavy (non-hydrogen) atoms. The van der Waals surface area contributed by atoms with Gasteiger partial charge in [-0.15, -0.1) is 0 Å². The molecule has 0 bridgehead atoms. The molecule has 4 aromatic carbocycles. The Labute approximate surface area is 417 Å². The van der Waals surface area contributed by atoms with Crippen LogP contribution >= 0.6 is 15.9 Å². The van der Waals surface area contributed by atoms with E-state index in [0.717, 1.165) is 44.2 Å². The summed E-state index contributed by atoms with van der Waals surface area (Å²) in [6, 6.07) is 48.9. The molecular weight excluding hydrogens is 953 g/mol. The number of hydrogen-bond donors (Lipinski definition) is 4. The van der Waals surface area contributed by atoms with Crippen LogP contribution in [0.25, 0.3) is 66.8 Å². The predicted molar refractivity (Wildman–Crippen MR) is 279 cm³/mol. The van der Waals surface area contributed by atoms with E-state index in [2.05, 4.69) is 68.3 Å². The van der Waals surface area contributed by atoms with E-state index < -0.39 is 5.91 Å². The number of nitriles is 2. The van der Waals surface area contributed by atoms with Crippen molar-refractivity contribution in [3.63, 3.8) is 0 Å². The zero-order valence-electron chi connectivity index (χ0n) is 38.3.